The molecule has 2 aromatic heterocycles. The Morgan fingerprint density at radius 1 is 1.39 bits per heavy atom. The molecule has 2 N–H and O–H groups in total. The van der Waals surface area contributed by atoms with Crippen molar-refractivity contribution in [1.82, 2.24) is 9.97 Å². The number of aromatic nitrogens is 2. The van der Waals surface area contributed by atoms with Gasteiger partial charge in [-0.3, -0.25) is 0 Å². The van der Waals surface area contributed by atoms with E-state index in [2.05, 4.69) is 21.8 Å². The second kappa shape index (κ2) is 5.08. The summed E-state index contributed by atoms with van der Waals surface area (Å²) >= 11 is 0. The first-order chi connectivity index (χ1) is 8.63. The summed E-state index contributed by atoms with van der Waals surface area (Å²) in [5.41, 5.74) is 8.01. The molecule has 0 saturated heterocycles. The maximum atomic E-state index is 5.88. The summed E-state index contributed by atoms with van der Waals surface area (Å²) in [6.07, 6.45) is 4.02. The van der Waals surface area contributed by atoms with Crippen molar-refractivity contribution in [2.45, 2.75) is 26.8 Å². The van der Waals surface area contributed by atoms with Crippen LogP contribution < -0.4 is 10.6 Å². The highest BCUT2D eigenvalue weighted by atomic mass is 16.3. The summed E-state index contributed by atoms with van der Waals surface area (Å²) in [7, 11) is 1.99. The molecule has 0 bridgehead atoms. The number of hydrogen-bond acceptors (Lipinski definition) is 5. The Labute approximate surface area is 107 Å². The minimum Gasteiger partial charge on any atom is -0.469 e. The van der Waals surface area contributed by atoms with Crippen LogP contribution in [0.4, 0.5) is 11.6 Å². The third-order valence-electron chi connectivity index (χ3n) is 3.04. The third-order valence-corrected chi connectivity index (χ3v) is 3.04. The van der Waals surface area contributed by atoms with Crippen LogP contribution in [0.5, 0.6) is 0 Å². The van der Waals surface area contributed by atoms with Crippen molar-refractivity contribution < 1.29 is 4.42 Å². The topological polar surface area (TPSA) is 68.2 Å². The molecule has 0 unspecified atom stereocenters. The zero-order valence-corrected chi connectivity index (χ0v) is 11.0. The van der Waals surface area contributed by atoms with Crippen LogP contribution >= 0.6 is 0 Å². The van der Waals surface area contributed by atoms with Gasteiger partial charge in [-0.2, -0.15) is 0 Å². The molecule has 0 aliphatic heterocycles. The molecule has 96 valence electrons. The van der Waals surface area contributed by atoms with Crippen molar-refractivity contribution in [1.29, 1.82) is 0 Å². The molecule has 2 aromatic rings. The molecule has 0 radical (unpaired) electrons. The van der Waals surface area contributed by atoms with Crippen LogP contribution in [-0.2, 0) is 13.0 Å². The van der Waals surface area contributed by atoms with Gasteiger partial charge in [0.1, 0.15) is 23.7 Å². The van der Waals surface area contributed by atoms with Gasteiger partial charge < -0.3 is 15.1 Å². The van der Waals surface area contributed by atoms with Gasteiger partial charge in [-0.05, 0) is 19.4 Å². The summed E-state index contributed by atoms with van der Waals surface area (Å²) in [6, 6.07) is 1.97. The van der Waals surface area contributed by atoms with E-state index in [1.165, 1.54) is 6.33 Å². The predicted molar refractivity (Wildman–Crippen MR) is 71.4 cm³/mol. The number of nitrogen functional groups attached to an aromatic ring is 1. The fraction of sp³-hybridized carbons (Fsp3) is 0.385. The third kappa shape index (κ3) is 2.30. The molecule has 2 rings (SSSR count). The Morgan fingerprint density at radius 2 is 2.17 bits per heavy atom. The molecule has 0 spiro atoms. The van der Waals surface area contributed by atoms with Gasteiger partial charge in [-0.1, -0.05) is 6.92 Å². The zero-order valence-electron chi connectivity index (χ0n) is 11.0. The van der Waals surface area contributed by atoms with E-state index in [9.17, 15) is 0 Å². The first-order valence-electron chi connectivity index (χ1n) is 5.97. The Balaban J connectivity index is 2.26. The Bertz CT molecular complexity index is 536. The van der Waals surface area contributed by atoms with Crippen LogP contribution in [0.15, 0.2) is 23.1 Å². The van der Waals surface area contributed by atoms with Gasteiger partial charge >= 0.3 is 0 Å². The van der Waals surface area contributed by atoms with E-state index in [4.69, 9.17) is 10.2 Å². The monoisotopic (exact) mass is 246 g/mol. The van der Waals surface area contributed by atoms with Crippen molar-refractivity contribution in [2.75, 3.05) is 17.7 Å². The summed E-state index contributed by atoms with van der Waals surface area (Å²) in [5, 5.41) is 0. The lowest BCUT2D eigenvalue weighted by Crippen LogP contribution is -2.20. The Morgan fingerprint density at radius 3 is 2.78 bits per heavy atom. The average Bonchev–Trinajstić information content (AvgIpc) is 2.74. The van der Waals surface area contributed by atoms with Gasteiger partial charge in [0.05, 0.1) is 6.26 Å². The van der Waals surface area contributed by atoms with Gasteiger partial charge in [-0.15, -0.1) is 0 Å². The zero-order chi connectivity index (χ0) is 13.1. The molecule has 5 nitrogen and oxygen atoms in total. The number of hydrogen-bond donors (Lipinski definition) is 1. The van der Waals surface area contributed by atoms with Gasteiger partial charge in [-0.25, -0.2) is 9.97 Å². The first-order valence-corrected chi connectivity index (χ1v) is 5.97. The number of rotatable bonds is 4. The maximum absolute atomic E-state index is 5.88. The number of nitrogens with two attached hydrogens (primary N) is 1. The lowest BCUT2D eigenvalue weighted by atomic mass is 10.2. The molecular formula is C13H18N4O. The van der Waals surface area contributed by atoms with E-state index in [-0.39, 0.29) is 0 Å². The van der Waals surface area contributed by atoms with Crippen molar-refractivity contribution in [2.24, 2.45) is 0 Å². The minimum atomic E-state index is 0.554. The van der Waals surface area contributed by atoms with Gasteiger partial charge in [0.25, 0.3) is 0 Å². The van der Waals surface area contributed by atoms with Crippen LogP contribution in [0.3, 0.4) is 0 Å². The molecule has 0 fully saturated rings. The van der Waals surface area contributed by atoms with Crippen molar-refractivity contribution >= 4 is 11.6 Å². The highest BCUT2D eigenvalue weighted by Crippen LogP contribution is 2.23. The van der Waals surface area contributed by atoms with E-state index >= 15 is 0 Å². The normalized spacial score (nSPS) is 10.6. The molecular weight excluding hydrogens is 228 g/mol. The molecule has 18 heavy (non-hydrogen) atoms. The second-order valence-corrected chi connectivity index (χ2v) is 4.27. The first kappa shape index (κ1) is 12.4. The van der Waals surface area contributed by atoms with E-state index in [0.717, 1.165) is 35.7 Å². The lowest BCUT2D eigenvalue weighted by Gasteiger charge is -2.20. The fourth-order valence-corrected chi connectivity index (χ4v) is 1.99. The van der Waals surface area contributed by atoms with E-state index < -0.39 is 0 Å². The highest BCUT2D eigenvalue weighted by molar-refractivity contribution is 5.56. The molecule has 2 heterocycles. The molecule has 0 saturated carbocycles. The SMILES string of the molecule is CCc1c(N)ncnc1N(C)Cc1ccoc1C. The Hall–Kier alpha value is -2.04. The van der Waals surface area contributed by atoms with Crippen molar-refractivity contribution in [3.05, 3.63) is 35.5 Å². The number of nitrogens with zero attached hydrogens (tertiary/aromatic N) is 3. The average molecular weight is 246 g/mol. The van der Waals surface area contributed by atoms with Crippen LogP contribution in [0.1, 0.15) is 23.8 Å². The number of furan rings is 1. The molecule has 0 amide bonds. The summed E-state index contributed by atoms with van der Waals surface area (Å²) in [6.45, 7) is 4.75. The lowest BCUT2D eigenvalue weighted by molar-refractivity contribution is 0.529. The van der Waals surface area contributed by atoms with Crippen molar-refractivity contribution in [3.8, 4) is 0 Å². The Kier molecular flexibility index (Phi) is 3.50. The molecule has 0 aliphatic rings. The quantitative estimate of drug-likeness (QED) is 0.895. The maximum Gasteiger partial charge on any atom is 0.137 e. The minimum absolute atomic E-state index is 0.554. The molecule has 0 aromatic carbocycles. The second-order valence-electron chi connectivity index (χ2n) is 4.27. The number of anilines is 2. The standard InChI is InChI=1S/C13H18N4O/c1-4-11-12(14)15-8-16-13(11)17(3)7-10-5-6-18-9(10)2/h5-6,8H,4,7H2,1-3H3,(H2,14,15,16). The van der Waals surface area contributed by atoms with Gasteiger partial charge in [0.2, 0.25) is 0 Å². The molecule has 5 heteroatoms. The highest BCUT2D eigenvalue weighted by Gasteiger charge is 2.13. The summed E-state index contributed by atoms with van der Waals surface area (Å²) in [5.74, 6) is 2.37. The number of aryl methyl sites for hydroxylation is 1. The molecule has 0 atom stereocenters. The van der Waals surface area contributed by atoms with Crippen LogP contribution in [0, 0.1) is 6.92 Å². The summed E-state index contributed by atoms with van der Waals surface area (Å²) < 4.78 is 5.30. The van der Waals surface area contributed by atoms with E-state index in [0.29, 0.717) is 5.82 Å². The van der Waals surface area contributed by atoms with E-state index in [1.807, 2.05) is 20.0 Å². The van der Waals surface area contributed by atoms with Crippen LogP contribution in [0.2, 0.25) is 0 Å². The van der Waals surface area contributed by atoms with Crippen molar-refractivity contribution in [3.63, 3.8) is 0 Å². The summed E-state index contributed by atoms with van der Waals surface area (Å²) in [4.78, 5) is 10.4. The van der Waals surface area contributed by atoms with Gasteiger partial charge in [0, 0.05) is 24.7 Å². The fourth-order valence-electron chi connectivity index (χ4n) is 1.99. The smallest absolute Gasteiger partial charge is 0.137 e. The molecule has 0 aliphatic carbocycles. The van der Waals surface area contributed by atoms with E-state index in [1.54, 1.807) is 6.26 Å². The predicted octanol–water partition coefficient (Wildman–Crippen LogP) is 2.16. The van der Waals surface area contributed by atoms with Crippen LogP contribution in [0.25, 0.3) is 0 Å². The largest absolute Gasteiger partial charge is 0.469 e. The van der Waals surface area contributed by atoms with Gasteiger partial charge in [0.15, 0.2) is 0 Å². The van der Waals surface area contributed by atoms with Crippen LogP contribution in [-0.4, -0.2) is 17.0 Å².